The van der Waals surface area contributed by atoms with E-state index in [0.29, 0.717) is 18.4 Å². The maximum atomic E-state index is 5.92. The Morgan fingerprint density at radius 3 is 3.19 bits per heavy atom. The van der Waals surface area contributed by atoms with Gasteiger partial charge in [-0.2, -0.15) is 0 Å². The molecule has 2 heterocycles. The third-order valence-corrected chi connectivity index (χ3v) is 3.01. The van der Waals surface area contributed by atoms with Gasteiger partial charge in [-0.3, -0.25) is 0 Å². The van der Waals surface area contributed by atoms with Crippen molar-refractivity contribution in [3.05, 3.63) is 29.0 Å². The van der Waals surface area contributed by atoms with Crippen LogP contribution in [0.5, 0.6) is 0 Å². The number of pyridine rings is 1. The first kappa shape index (κ1) is 11.8. The molecule has 1 aliphatic heterocycles. The maximum absolute atomic E-state index is 5.92. The van der Waals surface area contributed by atoms with Gasteiger partial charge >= 0.3 is 0 Å². The Bertz CT molecular complexity index is 327. The standard InChI is InChI=1S/C12H16ClNO2/c13-12-10(4-3-6-14-12)8-15-9-11-5-1-2-7-16-11/h3-4,6,11H,1-2,5,7-9H2. The second kappa shape index (κ2) is 6.18. The molecule has 0 amide bonds. The number of halogens is 1. The van der Waals surface area contributed by atoms with Crippen LogP contribution >= 0.6 is 11.6 Å². The molecule has 0 aromatic carbocycles. The van der Waals surface area contributed by atoms with E-state index in [1.165, 1.54) is 12.8 Å². The number of aromatic nitrogens is 1. The normalized spacial score (nSPS) is 20.9. The van der Waals surface area contributed by atoms with Gasteiger partial charge in [-0.1, -0.05) is 17.7 Å². The van der Waals surface area contributed by atoms with E-state index >= 15 is 0 Å². The van der Waals surface area contributed by atoms with Gasteiger partial charge in [-0.25, -0.2) is 4.98 Å². The van der Waals surface area contributed by atoms with E-state index in [-0.39, 0.29) is 6.10 Å². The summed E-state index contributed by atoms with van der Waals surface area (Å²) in [5.74, 6) is 0. The lowest BCUT2D eigenvalue weighted by Crippen LogP contribution is -2.24. The van der Waals surface area contributed by atoms with Crippen LogP contribution in [0.2, 0.25) is 5.15 Å². The predicted molar refractivity (Wildman–Crippen MR) is 62.5 cm³/mol. The van der Waals surface area contributed by atoms with Crippen molar-refractivity contribution < 1.29 is 9.47 Å². The Hall–Kier alpha value is -0.640. The quantitative estimate of drug-likeness (QED) is 0.760. The smallest absolute Gasteiger partial charge is 0.134 e. The lowest BCUT2D eigenvalue weighted by Gasteiger charge is -2.22. The van der Waals surface area contributed by atoms with E-state index in [0.717, 1.165) is 18.6 Å². The summed E-state index contributed by atoms with van der Waals surface area (Å²) in [5, 5.41) is 0.520. The molecule has 1 aromatic rings. The molecule has 1 aromatic heterocycles. The molecule has 1 saturated heterocycles. The molecule has 2 rings (SSSR count). The molecule has 0 bridgehead atoms. The molecule has 0 N–H and O–H groups in total. The number of ether oxygens (including phenoxy) is 2. The predicted octanol–water partition coefficient (Wildman–Crippen LogP) is 2.82. The zero-order valence-corrected chi connectivity index (χ0v) is 9.95. The monoisotopic (exact) mass is 241 g/mol. The van der Waals surface area contributed by atoms with E-state index in [2.05, 4.69) is 4.98 Å². The van der Waals surface area contributed by atoms with Gasteiger partial charge < -0.3 is 9.47 Å². The molecule has 1 aliphatic rings. The first-order valence-corrected chi connectivity index (χ1v) is 6.03. The summed E-state index contributed by atoms with van der Waals surface area (Å²) in [6, 6.07) is 3.79. The molecule has 3 nitrogen and oxygen atoms in total. The first-order chi connectivity index (χ1) is 7.86. The maximum Gasteiger partial charge on any atom is 0.134 e. The second-order valence-electron chi connectivity index (χ2n) is 3.96. The van der Waals surface area contributed by atoms with Crippen LogP contribution in [0.15, 0.2) is 18.3 Å². The van der Waals surface area contributed by atoms with Crippen LogP contribution < -0.4 is 0 Å². The van der Waals surface area contributed by atoms with Crippen molar-refractivity contribution in [2.75, 3.05) is 13.2 Å². The van der Waals surface area contributed by atoms with Crippen LogP contribution in [0.25, 0.3) is 0 Å². The minimum atomic E-state index is 0.254. The third-order valence-electron chi connectivity index (χ3n) is 2.67. The van der Waals surface area contributed by atoms with E-state index in [1.807, 2.05) is 12.1 Å². The first-order valence-electron chi connectivity index (χ1n) is 5.65. The van der Waals surface area contributed by atoms with Crippen molar-refractivity contribution in [1.82, 2.24) is 4.98 Å². The highest BCUT2D eigenvalue weighted by molar-refractivity contribution is 6.30. The lowest BCUT2D eigenvalue weighted by molar-refractivity contribution is -0.0447. The van der Waals surface area contributed by atoms with Crippen molar-refractivity contribution in [2.24, 2.45) is 0 Å². The van der Waals surface area contributed by atoms with Gasteiger partial charge in [0.25, 0.3) is 0 Å². The number of rotatable bonds is 4. The van der Waals surface area contributed by atoms with Crippen LogP contribution in [0.1, 0.15) is 24.8 Å². The van der Waals surface area contributed by atoms with E-state index in [9.17, 15) is 0 Å². The Morgan fingerprint density at radius 1 is 1.50 bits per heavy atom. The molecular formula is C12H16ClNO2. The SMILES string of the molecule is Clc1ncccc1COCC1CCCCO1. The van der Waals surface area contributed by atoms with E-state index in [1.54, 1.807) is 6.20 Å². The van der Waals surface area contributed by atoms with Crippen molar-refractivity contribution in [3.8, 4) is 0 Å². The molecule has 88 valence electrons. The zero-order valence-electron chi connectivity index (χ0n) is 9.19. The van der Waals surface area contributed by atoms with Gasteiger partial charge in [0.1, 0.15) is 5.15 Å². The number of hydrogen-bond acceptors (Lipinski definition) is 3. The summed E-state index contributed by atoms with van der Waals surface area (Å²) in [6.07, 6.45) is 5.44. The molecule has 1 fully saturated rings. The molecule has 1 unspecified atom stereocenters. The minimum absolute atomic E-state index is 0.254. The minimum Gasteiger partial charge on any atom is -0.376 e. The van der Waals surface area contributed by atoms with E-state index in [4.69, 9.17) is 21.1 Å². The van der Waals surface area contributed by atoms with Gasteiger partial charge in [0, 0.05) is 18.4 Å². The highest BCUT2D eigenvalue weighted by Gasteiger charge is 2.13. The summed E-state index contributed by atoms with van der Waals surface area (Å²) in [6.45, 7) is 2.01. The summed E-state index contributed by atoms with van der Waals surface area (Å²) in [4.78, 5) is 4.00. The molecule has 0 aliphatic carbocycles. The van der Waals surface area contributed by atoms with Crippen LogP contribution in [0.4, 0.5) is 0 Å². The van der Waals surface area contributed by atoms with Crippen LogP contribution in [0.3, 0.4) is 0 Å². The zero-order chi connectivity index (χ0) is 11.2. The average Bonchev–Trinajstić information content (AvgIpc) is 2.33. The molecule has 0 saturated carbocycles. The van der Waals surface area contributed by atoms with Crippen LogP contribution in [-0.4, -0.2) is 24.3 Å². The molecule has 0 radical (unpaired) electrons. The summed E-state index contributed by atoms with van der Waals surface area (Å²) < 4.78 is 11.2. The van der Waals surface area contributed by atoms with Crippen LogP contribution in [-0.2, 0) is 16.1 Å². The van der Waals surface area contributed by atoms with Gasteiger partial charge in [-0.15, -0.1) is 0 Å². The lowest BCUT2D eigenvalue weighted by atomic mass is 10.1. The highest BCUT2D eigenvalue weighted by atomic mass is 35.5. The average molecular weight is 242 g/mol. The number of nitrogens with zero attached hydrogens (tertiary/aromatic N) is 1. The molecule has 0 spiro atoms. The number of hydrogen-bond donors (Lipinski definition) is 0. The molecule has 4 heteroatoms. The highest BCUT2D eigenvalue weighted by Crippen LogP contribution is 2.15. The van der Waals surface area contributed by atoms with Gasteiger partial charge in [0.15, 0.2) is 0 Å². The van der Waals surface area contributed by atoms with Crippen molar-refractivity contribution >= 4 is 11.6 Å². The topological polar surface area (TPSA) is 31.4 Å². The molecule has 16 heavy (non-hydrogen) atoms. The third kappa shape index (κ3) is 3.44. The molecule has 1 atom stereocenters. The fourth-order valence-corrected chi connectivity index (χ4v) is 1.94. The van der Waals surface area contributed by atoms with Crippen molar-refractivity contribution in [2.45, 2.75) is 32.0 Å². The van der Waals surface area contributed by atoms with E-state index < -0.39 is 0 Å². The summed E-state index contributed by atoms with van der Waals surface area (Å²) >= 11 is 5.92. The Labute approximate surface area is 101 Å². The van der Waals surface area contributed by atoms with Gasteiger partial charge in [0.2, 0.25) is 0 Å². The summed E-state index contributed by atoms with van der Waals surface area (Å²) in [7, 11) is 0. The Morgan fingerprint density at radius 2 is 2.44 bits per heavy atom. The fourth-order valence-electron chi connectivity index (χ4n) is 1.77. The second-order valence-corrected chi connectivity index (χ2v) is 4.32. The largest absolute Gasteiger partial charge is 0.376 e. The Kier molecular flexibility index (Phi) is 4.57. The van der Waals surface area contributed by atoms with Crippen molar-refractivity contribution in [3.63, 3.8) is 0 Å². The fraction of sp³-hybridized carbons (Fsp3) is 0.583. The Balaban J connectivity index is 1.73. The summed E-state index contributed by atoms with van der Waals surface area (Å²) in [5.41, 5.74) is 0.931. The van der Waals surface area contributed by atoms with Gasteiger partial charge in [-0.05, 0) is 25.3 Å². The van der Waals surface area contributed by atoms with Crippen LogP contribution in [0, 0.1) is 0 Å². The van der Waals surface area contributed by atoms with Gasteiger partial charge in [0.05, 0.1) is 19.3 Å². The van der Waals surface area contributed by atoms with Crippen molar-refractivity contribution in [1.29, 1.82) is 0 Å². The molecular weight excluding hydrogens is 226 g/mol.